The molecule has 5 heteroatoms. The Morgan fingerprint density at radius 3 is 2.41 bits per heavy atom. The summed E-state index contributed by atoms with van der Waals surface area (Å²) in [5, 5.41) is 5.88. The third-order valence-corrected chi connectivity index (χ3v) is 2.41. The molecule has 0 bridgehead atoms. The van der Waals surface area contributed by atoms with Crippen molar-refractivity contribution in [3.05, 3.63) is 0 Å². The van der Waals surface area contributed by atoms with Gasteiger partial charge in [0.25, 0.3) is 0 Å². The van der Waals surface area contributed by atoms with E-state index in [0.29, 0.717) is 26.1 Å². The molecular weight excluding hydrogens is 220 g/mol. The fourth-order valence-corrected chi connectivity index (χ4v) is 1.30. The molecule has 0 aromatic heterocycles. The summed E-state index contributed by atoms with van der Waals surface area (Å²) in [5.74, 6) is -0.212. The number of amides is 1. The predicted octanol–water partition coefficient (Wildman–Crippen LogP) is 0.692. The smallest absolute Gasteiger partial charge is 0.312 e. The molecule has 100 valence electrons. The Labute approximate surface area is 103 Å². The average molecular weight is 244 g/mol. The molecule has 0 aromatic rings. The van der Waals surface area contributed by atoms with Crippen LogP contribution >= 0.6 is 0 Å². The van der Waals surface area contributed by atoms with Crippen LogP contribution in [0.25, 0.3) is 0 Å². The van der Waals surface area contributed by atoms with Crippen LogP contribution in [0.2, 0.25) is 0 Å². The van der Waals surface area contributed by atoms with Gasteiger partial charge in [0.2, 0.25) is 5.91 Å². The van der Waals surface area contributed by atoms with Gasteiger partial charge in [0.15, 0.2) is 0 Å². The van der Waals surface area contributed by atoms with Gasteiger partial charge in [0.05, 0.1) is 12.5 Å². The molecule has 5 nitrogen and oxygen atoms in total. The highest BCUT2D eigenvalue weighted by Crippen LogP contribution is 2.14. The number of ether oxygens (including phenoxy) is 1. The number of carbonyl (C=O) groups excluding carboxylic acids is 2. The lowest BCUT2D eigenvalue weighted by molar-refractivity contribution is -0.150. The normalized spacial score (nSPS) is 11.1. The van der Waals surface area contributed by atoms with Crippen LogP contribution in [0.15, 0.2) is 0 Å². The topological polar surface area (TPSA) is 67.4 Å². The molecule has 0 spiro atoms. The van der Waals surface area contributed by atoms with Crippen molar-refractivity contribution in [2.75, 3.05) is 26.7 Å². The lowest BCUT2D eigenvalue weighted by Gasteiger charge is -2.21. The van der Waals surface area contributed by atoms with Crippen LogP contribution in [0.3, 0.4) is 0 Å². The molecule has 0 aliphatic rings. The van der Waals surface area contributed by atoms with Crippen molar-refractivity contribution >= 4 is 11.9 Å². The van der Waals surface area contributed by atoms with Gasteiger partial charge < -0.3 is 15.4 Å². The number of methoxy groups -OCH3 is 1. The zero-order valence-corrected chi connectivity index (χ0v) is 11.3. The first-order chi connectivity index (χ1) is 7.94. The molecular formula is C12H24N2O3. The molecule has 0 radical (unpaired) electrons. The van der Waals surface area contributed by atoms with Gasteiger partial charge in [-0.25, -0.2) is 0 Å². The first-order valence-corrected chi connectivity index (χ1v) is 6.00. The van der Waals surface area contributed by atoms with Crippen LogP contribution in [0.4, 0.5) is 0 Å². The molecule has 0 aliphatic heterocycles. The summed E-state index contributed by atoms with van der Waals surface area (Å²) in [6.07, 6.45) is 1.37. The van der Waals surface area contributed by atoms with E-state index in [9.17, 15) is 9.59 Å². The van der Waals surface area contributed by atoms with E-state index >= 15 is 0 Å². The first kappa shape index (κ1) is 15.9. The Kier molecular flexibility index (Phi) is 7.54. The van der Waals surface area contributed by atoms with Crippen molar-refractivity contribution < 1.29 is 14.3 Å². The molecule has 0 atom stereocenters. The van der Waals surface area contributed by atoms with Gasteiger partial charge in [-0.2, -0.15) is 0 Å². The van der Waals surface area contributed by atoms with Gasteiger partial charge in [-0.05, 0) is 20.3 Å². The summed E-state index contributed by atoms with van der Waals surface area (Å²) in [5.41, 5.74) is -0.561. The van der Waals surface area contributed by atoms with Crippen molar-refractivity contribution in [1.29, 1.82) is 0 Å². The minimum atomic E-state index is -0.561. The molecule has 0 heterocycles. The minimum Gasteiger partial charge on any atom is -0.469 e. The maximum Gasteiger partial charge on any atom is 0.312 e. The van der Waals surface area contributed by atoms with E-state index in [0.717, 1.165) is 6.42 Å². The van der Waals surface area contributed by atoms with Gasteiger partial charge in [-0.15, -0.1) is 0 Å². The highest BCUT2D eigenvalue weighted by atomic mass is 16.5. The number of esters is 1. The van der Waals surface area contributed by atoms with E-state index in [1.807, 2.05) is 20.8 Å². The van der Waals surface area contributed by atoms with Gasteiger partial charge in [0.1, 0.15) is 0 Å². The SMILES string of the molecule is CCCNC(=O)CCNCC(C)(C)C(=O)OC. The summed E-state index contributed by atoms with van der Waals surface area (Å²) >= 11 is 0. The second kappa shape index (κ2) is 8.06. The molecule has 0 rings (SSSR count). The molecule has 0 aromatic carbocycles. The zero-order chi connectivity index (χ0) is 13.3. The lowest BCUT2D eigenvalue weighted by atomic mass is 9.94. The van der Waals surface area contributed by atoms with Gasteiger partial charge in [-0.1, -0.05) is 6.92 Å². The minimum absolute atomic E-state index is 0.0372. The van der Waals surface area contributed by atoms with Crippen LogP contribution in [0.1, 0.15) is 33.6 Å². The maximum atomic E-state index is 11.4. The van der Waals surface area contributed by atoms with Crippen molar-refractivity contribution in [3.8, 4) is 0 Å². The molecule has 17 heavy (non-hydrogen) atoms. The van der Waals surface area contributed by atoms with E-state index < -0.39 is 5.41 Å². The van der Waals surface area contributed by atoms with Crippen molar-refractivity contribution in [2.24, 2.45) is 5.41 Å². The molecule has 1 amide bonds. The van der Waals surface area contributed by atoms with Crippen molar-refractivity contribution in [1.82, 2.24) is 10.6 Å². The largest absolute Gasteiger partial charge is 0.469 e. The highest BCUT2D eigenvalue weighted by Gasteiger charge is 2.27. The predicted molar refractivity (Wildman–Crippen MR) is 66.6 cm³/mol. The Morgan fingerprint density at radius 1 is 1.24 bits per heavy atom. The van der Waals surface area contributed by atoms with E-state index in [1.54, 1.807) is 0 Å². The van der Waals surface area contributed by atoms with Crippen LogP contribution < -0.4 is 10.6 Å². The number of hydrogen-bond donors (Lipinski definition) is 2. The fourth-order valence-electron chi connectivity index (χ4n) is 1.30. The zero-order valence-electron chi connectivity index (χ0n) is 11.3. The maximum absolute atomic E-state index is 11.4. The number of nitrogens with one attached hydrogen (secondary N) is 2. The molecule has 0 saturated heterocycles. The summed E-state index contributed by atoms with van der Waals surface area (Å²) in [4.78, 5) is 22.6. The second-order valence-electron chi connectivity index (χ2n) is 4.65. The number of hydrogen-bond acceptors (Lipinski definition) is 4. The summed E-state index contributed by atoms with van der Waals surface area (Å²) < 4.78 is 4.69. The summed E-state index contributed by atoms with van der Waals surface area (Å²) in [6, 6.07) is 0. The van der Waals surface area contributed by atoms with E-state index in [4.69, 9.17) is 0 Å². The second-order valence-corrected chi connectivity index (χ2v) is 4.65. The van der Waals surface area contributed by atoms with E-state index in [1.165, 1.54) is 7.11 Å². The molecule has 0 fully saturated rings. The van der Waals surface area contributed by atoms with Crippen molar-refractivity contribution in [3.63, 3.8) is 0 Å². The van der Waals surface area contributed by atoms with Crippen LogP contribution in [-0.2, 0) is 14.3 Å². The van der Waals surface area contributed by atoms with Gasteiger partial charge in [0, 0.05) is 26.1 Å². The van der Waals surface area contributed by atoms with Crippen LogP contribution in [-0.4, -0.2) is 38.6 Å². The van der Waals surface area contributed by atoms with Crippen LogP contribution in [0, 0.1) is 5.41 Å². The average Bonchev–Trinajstić information content (AvgIpc) is 2.30. The Morgan fingerprint density at radius 2 is 1.88 bits per heavy atom. The third kappa shape index (κ3) is 6.94. The lowest BCUT2D eigenvalue weighted by Crippen LogP contribution is -2.38. The van der Waals surface area contributed by atoms with E-state index in [-0.39, 0.29) is 11.9 Å². The standard InChI is InChI=1S/C12H24N2O3/c1-5-7-14-10(15)6-8-13-9-12(2,3)11(16)17-4/h13H,5-9H2,1-4H3,(H,14,15). The first-order valence-electron chi connectivity index (χ1n) is 6.00. The summed E-state index contributed by atoms with van der Waals surface area (Å²) in [6.45, 7) is 7.41. The van der Waals surface area contributed by atoms with Crippen molar-refractivity contribution in [2.45, 2.75) is 33.6 Å². The monoisotopic (exact) mass is 244 g/mol. The van der Waals surface area contributed by atoms with Gasteiger partial charge >= 0.3 is 5.97 Å². The number of rotatable bonds is 8. The Balaban J connectivity index is 3.70. The Bertz CT molecular complexity index is 252. The molecule has 0 aliphatic carbocycles. The van der Waals surface area contributed by atoms with Gasteiger partial charge in [-0.3, -0.25) is 9.59 Å². The highest BCUT2D eigenvalue weighted by molar-refractivity contribution is 5.76. The number of carbonyl (C=O) groups is 2. The summed E-state index contributed by atoms with van der Waals surface area (Å²) in [7, 11) is 1.38. The quantitative estimate of drug-likeness (QED) is 0.487. The Hall–Kier alpha value is -1.10. The molecule has 0 saturated carbocycles. The van der Waals surface area contributed by atoms with Crippen LogP contribution in [0.5, 0.6) is 0 Å². The fraction of sp³-hybridized carbons (Fsp3) is 0.833. The third-order valence-electron chi connectivity index (χ3n) is 2.41. The van der Waals surface area contributed by atoms with E-state index in [2.05, 4.69) is 15.4 Å². The molecule has 0 unspecified atom stereocenters. The molecule has 2 N–H and O–H groups in total.